The fourth-order valence-electron chi connectivity index (χ4n) is 2.63. The molecule has 3 rings (SSSR count). The highest BCUT2D eigenvalue weighted by atomic mass is 16.1. The summed E-state index contributed by atoms with van der Waals surface area (Å²) in [5.74, 6) is 0.947. The summed E-state index contributed by atoms with van der Waals surface area (Å²) in [4.78, 5) is 11.7. The predicted molar refractivity (Wildman–Crippen MR) is 80.4 cm³/mol. The third-order valence-corrected chi connectivity index (χ3v) is 4.19. The van der Waals surface area contributed by atoms with Crippen molar-refractivity contribution in [3.05, 3.63) is 35.4 Å². The van der Waals surface area contributed by atoms with E-state index in [0.29, 0.717) is 18.5 Å². The van der Waals surface area contributed by atoms with E-state index in [1.54, 1.807) is 0 Å². The minimum atomic E-state index is 0.193. The molecule has 1 unspecified atom stereocenters. The largest absolute Gasteiger partial charge is 0.353 e. The van der Waals surface area contributed by atoms with Crippen molar-refractivity contribution in [2.45, 2.75) is 51.1 Å². The normalized spacial score (nSPS) is 19.6. The summed E-state index contributed by atoms with van der Waals surface area (Å²) in [6.07, 6.45) is 5.52. The minimum Gasteiger partial charge on any atom is -0.353 e. The van der Waals surface area contributed by atoms with E-state index in [2.05, 4.69) is 41.8 Å². The first kappa shape index (κ1) is 13.6. The number of amides is 1. The molecule has 1 aromatic carbocycles. The van der Waals surface area contributed by atoms with Crippen molar-refractivity contribution in [1.29, 1.82) is 0 Å². The molecule has 108 valence electrons. The third-order valence-electron chi connectivity index (χ3n) is 4.19. The highest BCUT2D eigenvalue weighted by molar-refractivity contribution is 5.76. The van der Waals surface area contributed by atoms with Gasteiger partial charge in [-0.15, -0.1) is 0 Å². The maximum Gasteiger partial charge on any atom is 0.221 e. The predicted octanol–water partition coefficient (Wildman–Crippen LogP) is 2.70. The van der Waals surface area contributed by atoms with Gasteiger partial charge in [0, 0.05) is 25.0 Å². The van der Waals surface area contributed by atoms with Crippen LogP contribution < -0.4 is 10.6 Å². The molecule has 0 heterocycles. The van der Waals surface area contributed by atoms with Crippen molar-refractivity contribution in [3.8, 4) is 0 Å². The van der Waals surface area contributed by atoms with E-state index in [0.717, 1.165) is 25.3 Å². The molecule has 3 heteroatoms. The molecule has 2 fully saturated rings. The van der Waals surface area contributed by atoms with Crippen molar-refractivity contribution in [2.24, 2.45) is 5.92 Å². The SMILES string of the molecule is Cc1ccc(C(NCCC(=O)NC2CC2)C2CC2)cc1. The van der Waals surface area contributed by atoms with E-state index in [4.69, 9.17) is 0 Å². The van der Waals surface area contributed by atoms with Crippen LogP contribution in [0.5, 0.6) is 0 Å². The standard InChI is InChI=1S/C17H24N2O/c1-12-2-4-13(5-3-12)17(14-6-7-14)18-11-10-16(20)19-15-8-9-15/h2-5,14-15,17-18H,6-11H2,1H3,(H,19,20). The monoisotopic (exact) mass is 272 g/mol. The van der Waals surface area contributed by atoms with Gasteiger partial charge in [0.05, 0.1) is 0 Å². The first-order valence-corrected chi connectivity index (χ1v) is 7.81. The molecule has 1 amide bonds. The van der Waals surface area contributed by atoms with Gasteiger partial charge in [-0.25, -0.2) is 0 Å². The zero-order valence-electron chi connectivity index (χ0n) is 12.2. The van der Waals surface area contributed by atoms with Gasteiger partial charge in [-0.2, -0.15) is 0 Å². The van der Waals surface area contributed by atoms with Crippen molar-refractivity contribution >= 4 is 5.91 Å². The van der Waals surface area contributed by atoms with Gasteiger partial charge in [0.1, 0.15) is 0 Å². The lowest BCUT2D eigenvalue weighted by molar-refractivity contribution is -0.121. The molecule has 2 aliphatic carbocycles. The number of carbonyl (C=O) groups is 1. The zero-order chi connectivity index (χ0) is 13.9. The average molecular weight is 272 g/mol. The summed E-state index contributed by atoms with van der Waals surface area (Å²) in [6.45, 7) is 2.89. The Morgan fingerprint density at radius 1 is 1.20 bits per heavy atom. The molecule has 0 saturated heterocycles. The van der Waals surface area contributed by atoms with Crippen LogP contribution in [0.3, 0.4) is 0 Å². The Hall–Kier alpha value is -1.35. The van der Waals surface area contributed by atoms with Gasteiger partial charge in [-0.3, -0.25) is 4.79 Å². The van der Waals surface area contributed by atoms with E-state index in [1.165, 1.54) is 24.0 Å². The topological polar surface area (TPSA) is 41.1 Å². The van der Waals surface area contributed by atoms with E-state index in [-0.39, 0.29) is 5.91 Å². The fraction of sp³-hybridized carbons (Fsp3) is 0.588. The van der Waals surface area contributed by atoms with Crippen molar-refractivity contribution in [3.63, 3.8) is 0 Å². The van der Waals surface area contributed by atoms with Crippen LogP contribution in [-0.2, 0) is 4.79 Å². The maximum atomic E-state index is 11.7. The molecule has 0 radical (unpaired) electrons. The van der Waals surface area contributed by atoms with Crippen LogP contribution in [0.15, 0.2) is 24.3 Å². The number of rotatable bonds is 7. The smallest absolute Gasteiger partial charge is 0.221 e. The van der Waals surface area contributed by atoms with E-state index in [1.807, 2.05) is 0 Å². The van der Waals surface area contributed by atoms with Crippen LogP contribution in [0.2, 0.25) is 0 Å². The van der Waals surface area contributed by atoms with Crippen molar-refractivity contribution in [2.75, 3.05) is 6.54 Å². The van der Waals surface area contributed by atoms with Crippen LogP contribution in [0.1, 0.15) is 49.3 Å². The van der Waals surface area contributed by atoms with Crippen LogP contribution >= 0.6 is 0 Å². The molecule has 2 saturated carbocycles. The molecule has 0 spiro atoms. The van der Waals surface area contributed by atoms with Gasteiger partial charge < -0.3 is 10.6 Å². The van der Waals surface area contributed by atoms with Crippen LogP contribution in [0.4, 0.5) is 0 Å². The Balaban J connectivity index is 1.49. The molecule has 20 heavy (non-hydrogen) atoms. The summed E-state index contributed by atoms with van der Waals surface area (Å²) in [5, 5.41) is 6.62. The molecule has 2 N–H and O–H groups in total. The van der Waals surface area contributed by atoms with E-state index in [9.17, 15) is 4.79 Å². The third kappa shape index (κ3) is 3.83. The van der Waals surface area contributed by atoms with Gasteiger partial charge in [-0.1, -0.05) is 29.8 Å². The minimum absolute atomic E-state index is 0.193. The summed E-state index contributed by atoms with van der Waals surface area (Å²) in [6, 6.07) is 9.67. The van der Waals surface area contributed by atoms with Crippen LogP contribution in [0, 0.1) is 12.8 Å². The number of hydrogen-bond donors (Lipinski definition) is 2. The Labute approximate surface area is 121 Å². The van der Waals surface area contributed by atoms with Gasteiger partial charge in [0.15, 0.2) is 0 Å². The molecule has 2 aliphatic rings. The second kappa shape index (κ2) is 5.96. The lowest BCUT2D eigenvalue weighted by Crippen LogP contribution is -2.31. The van der Waals surface area contributed by atoms with Crippen molar-refractivity contribution < 1.29 is 4.79 Å². The Kier molecular flexibility index (Phi) is 4.06. The molecular formula is C17H24N2O. The van der Waals surface area contributed by atoms with Crippen LogP contribution in [-0.4, -0.2) is 18.5 Å². The maximum absolute atomic E-state index is 11.7. The Morgan fingerprint density at radius 2 is 1.90 bits per heavy atom. The number of nitrogens with one attached hydrogen (secondary N) is 2. The molecule has 3 nitrogen and oxygen atoms in total. The number of benzene rings is 1. The highest BCUT2D eigenvalue weighted by Gasteiger charge is 2.32. The lowest BCUT2D eigenvalue weighted by atomic mass is 10.0. The van der Waals surface area contributed by atoms with E-state index < -0.39 is 0 Å². The quantitative estimate of drug-likeness (QED) is 0.801. The summed E-state index contributed by atoms with van der Waals surface area (Å²) in [5.41, 5.74) is 2.66. The second-order valence-electron chi connectivity index (χ2n) is 6.27. The van der Waals surface area contributed by atoms with Gasteiger partial charge in [-0.05, 0) is 44.1 Å². The van der Waals surface area contributed by atoms with Gasteiger partial charge >= 0.3 is 0 Å². The molecular weight excluding hydrogens is 248 g/mol. The summed E-state index contributed by atoms with van der Waals surface area (Å²) >= 11 is 0. The molecule has 1 atom stereocenters. The lowest BCUT2D eigenvalue weighted by Gasteiger charge is -2.19. The fourth-order valence-corrected chi connectivity index (χ4v) is 2.63. The Bertz CT molecular complexity index is 460. The first-order chi connectivity index (χ1) is 9.72. The molecule has 0 aromatic heterocycles. The molecule has 1 aromatic rings. The highest BCUT2D eigenvalue weighted by Crippen LogP contribution is 2.40. The van der Waals surface area contributed by atoms with Crippen molar-refractivity contribution in [1.82, 2.24) is 10.6 Å². The average Bonchev–Trinajstić information content (AvgIpc) is 3.30. The van der Waals surface area contributed by atoms with Gasteiger partial charge in [0.2, 0.25) is 5.91 Å². The summed E-state index contributed by atoms with van der Waals surface area (Å²) in [7, 11) is 0. The van der Waals surface area contributed by atoms with Crippen LogP contribution in [0.25, 0.3) is 0 Å². The molecule has 0 bridgehead atoms. The number of aryl methyl sites for hydroxylation is 1. The Morgan fingerprint density at radius 3 is 2.50 bits per heavy atom. The number of hydrogen-bond acceptors (Lipinski definition) is 2. The number of carbonyl (C=O) groups excluding carboxylic acids is 1. The summed E-state index contributed by atoms with van der Waals surface area (Å²) < 4.78 is 0. The second-order valence-corrected chi connectivity index (χ2v) is 6.27. The van der Waals surface area contributed by atoms with Gasteiger partial charge in [0.25, 0.3) is 0 Å². The van der Waals surface area contributed by atoms with E-state index >= 15 is 0 Å². The first-order valence-electron chi connectivity index (χ1n) is 7.81. The zero-order valence-corrected chi connectivity index (χ0v) is 12.2. The molecule has 0 aliphatic heterocycles.